The zero-order chi connectivity index (χ0) is 11.4. The second-order valence-corrected chi connectivity index (χ2v) is 3.74. The summed E-state index contributed by atoms with van der Waals surface area (Å²) < 4.78 is 13.0. The van der Waals surface area contributed by atoms with Gasteiger partial charge in [-0.25, -0.2) is 4.39 Å². The summed E-state index contributed by atoms with van der Waals surface area (Å²) in [6.45, 7) is 0. The monoisotopic (exact) mass is 235 g/mol. The average molecular weight is 236 g/mol. The van der Waals surface area contributed by atoms with Crippen LogP contribution < -0.4 is 5.32 Å². The quantitative estimate of drug-likeness (QED) is 0.782. The minimum atomic E-state index is -0.251. The Morgan fingerprint density at radius 2 is 1.69 bits per heavy atom. The molecule has 0 aliphatic heterocycles. The van der Waals surface area contributed by atoms with Gasteiger partial charge in [0.15, 0.2) is 0 Å². The van der Waals surface area contributed by atoms with Crippen molar-refractivity contribution in [2.24, 2.45) is 0 Å². The molecule has 0 aliphatic carbocycles. The van der Waals surface area contributed by atoms with Crippen molar-refractivity contribution in [3.05, 3.63) is 59.9 Å². The highest BCUT2D eigenvalue weighted by Crippen LogP contribution is 2.19. The molecule has 82 valence electrons. The lowest BCUT2D eigenvalue weighted by atomic mass is 10.2. The molecule has 0 radical (unpaired) electrons. The molecule has 2 aromatic carbocycles. The van der Waals surface area contributed by atoms with Gasteiger partial charge in [-0.1, -0.05) is 18.2 Å². The van der Waals surface area contributed by atoms with Crippen LogP contribution in [0.3, 0.4) is 0 Å². The molecule has 0 unspecified atom stereocenters. The first-order valence-corrected chi connectivity index (χ1v) is 5.49. The van der Waals surface area contributed by atoms with E-state index in [0.717, 1.165) is 16.9 Å². The van der Waals surface area contributed by atoms with Crippen LogP contribution in [-0.4, -0.2) is 0 Å². The summed E-state index contributed by atoms with van der Waals surface area (Å²) in [5.74, 6) is 0.220. The molecule has 0 saturated heterocycles. The van der Waals surface area contributed by atoms with E-state index in [2.05, 4.69) is 5.32 Å². The van der Waals surface area contributed by atoms with Gasteiger partial charge >= 0.3 is 0 Å². The standard InChI is InChI=1S/C13H11ClFN/c14-9-10-3-1-5-12(7-10)16-13-6-2-4-11(15)8-13/h1-8,16H,9H2. The van der Waals surface area contributed by atoms with E-state index in [1.807, 2.05) is 30.3 Å². The van der Waals surface area contributed by atoms with Gasteiger partial charge < -0.3 is 5.32 Å². The second-order valence-electron chi connectivity index (χ2n) is 3.47. The molecule has 1 nitrogen and oxygen atoms in total. The Morgan fingerprint density at radius 3 is 2.38 bits per heavy atom. The van der Waals surface area contributed by atoms with Crippen molar-refractivity contribution in [2.45, 2.75) is 5.88 Å². The fourth-order valence-corrected chi connectivity index (χ4v) is 1.63. The zero-order valence-corrected chi connectivity index (χ0v) is 9.34. The summed E-state index contributed by atoms with van der Waals surface area (Å²) in [6, 6.07) is 14.1. The van der Waals surface area contributed by atoms with Crippen LogP contribution >= 0.6 is 11.6 Å². The van der Waals surface area contributed by atoms with E-state index in [0.29, 0.717) is 5.88 Å². The summed E-state index contributed by atoms with van der Waals surface area (Å²) >= 11 is 5.74. The first-order valence-electron chi connectivity index (χ1n) is 4.95. The topological polar surface area (TPSA) is 12.0 Å². The van der Waals surface area contributed by atoms with Crippen molar-refractivity contribution in [1.82, 2.24) is 0 Å². The number of halogens is 2. The van der Waals surface area contributed by atoms with Crippen LogP contribution in [0, 0.1) is 5.82 Å². The summed E-state index contributed by atoms with van der Waals surface area (Å²) in [5.41, 5.74) is 2.67. The molecule has 0 spiro atoms. The van der Waals surface area contributed by atoms with Crippen molar-refractivity contribution in [3.63, 3.8) is 0 Å². The third-order valence-electron chi connectivity index (χ3n) is 2.19. The Morgan fingerprint density at radius 1 is 1.00 bits per heavy atom. The molecule has 0 amide bonds. The molecule has 0 aliphatic rings. The second kappa shape index (κ2) is 4.99. The van der Waals surface area contributed by atoms with Crippen molar-refractivity contribution < 1.29 is 4.39 Å². The Bertz CT molecular complexity index is 485. The maximum Gasteiger partial charge on any atom is 0.125 e. The van der Waals surface area contributed by atoms with Gasteiger partial charge in [-0.15, -0.1) is 11.6 Å². The van der Waals surface area contributed by atoms with E-state index in [4.69, 9.17) is 11.6 Å². The SMILES string of the molecule is Fc1cccc(Nc2cccc(CCl)c2)c1. The molecule has 0 aromatic heterocycles. The van der Waals surface area contributed by atoms with Crippen molar-refractivity contribution in [1.29, 1.82) is 0 Å². The molecule has 3 heteroatoms. The minimum Gasteiger partial charge on any atom is -0.355 e. The van der Waals surface area contributed by atoms with E-state index in [1.54, 1.807) is 6.07 Å². The highest BCUT2D eigenvalue weighted by Gasteiger charge is 1.97. The molecular formula is C13H11ClFN. The summed E-state index contributed by atoms with van der Waals surface area (Å²) in [4.78, 5) is 0. The fourth-order valence-electron chi connectivity index (χ4n) is 1.47. The van der Waals surface area contributed by atoms with Gasteiger partial charge in [0.2, 0.25) is 0 Å². The lowest BCUT2D eigenvalue weighted by molar-refractivity contribution is 0.628. The van der Waals surface area contributed by atoms with Crippen LogP contribution in [0.4, 0.5) is 15.8 Å². The predicted octanol–water partition coefficient (Wildman–Crippen LogP) is 4.31. The molecule has 0 fully saturated rings. The first-order chi connectivity index (χ1) is 7.78. The van der Waals surface area contributed by atoms with Crippen LogP contribution in [0.25, 0.3) is 0 Å². The van der Waals surface area contributed by atoms with Crippen LogP contribution in [0.15, 0.2) is 48.5 Å². The maximum atomic E-state index is 13.0. The summed E-state index contributed by atoms with van der Waals surface area (Å²) in [6.07, 6.45) is 0. The minimum absolute atomic E-state index is 0.251. The third kappa shape index (κ3) is 2.74. The molecule has 1 N–H and O–H groups in total. The van der Waals surface area contributed by atoms with Crippen molar-refractivity contribution in [3.8, 4) is 0 Å². The number of rotatable bonds is 3. The number of alkyl halides is 1. The van der Waals surface area contributed by atoms with Crippen LogP contribution in [-0.2, 0) is 5.88 Å². The largest absolute Gasteiger partial charge is 0.355 e. The third-order valence-corrected chi connectivity index (χ3v) is 2.50. The lowest BCUT2D eigenvalue weighted by Gasteiger charge is -2.07. The predicted molar refractivity (Wildman–Crippen MR) is 65.7 cm³/mol. The zero-order valence-electron chi connectivity index (χ0n) is 8.58. The van der Waals surface area contributed by atoms with Gasteiger partial charge in [0.25, 0.3) is 0 Å². The van der Waals surface area contributed by atoms with E-state index < -0.39 is 0 Å². The van der Waals surface area contributed by atoms with Crippen molar-refractivity contribution in [2.75, 3.05) is 5.32 Å². The van der Waals surface area contributed by atoms with Gasteiger partial charge in [-0.05, 0) is 35.9 Å². The van der Waals surface area contributed by atoms with Crippen LogP contribution in [0.1, 0.15) is 5.56 Å². The molecule has 16 heavy (non-hydrogen) atoms. The van der Waals surface area contributed by atoms with Gasteiger partial charge in [0, 0.05) is 17.3 Å². The fraction of sp³-hybridized carbons (Fsp3) is 0.0769. The molecular weight excluding hydrogens is 225 g/mol. The Balaban J connectivity index is 2.20. The van der Waals surface area contributed by atoms with Gasteiger partial charge in [0.05, 0.1) is 0 Å². The Kier molecular flexibility index (Phi) is 3.42. The number of benzene rings is 2. The lowest BCUT2D eigenvalue weighted by Crippen LogP contribution is -1.91. The molecule has 0 heterocycles. The summed E-state index contributed by atoms with van der Waals surface area (Å²) in [7, 11) is 0. The molecule has 2 rings (SSSR count). The average Bonchev–Trinajstić information content (AvgIpc) is 2.29. The van der Waals surface area contributed by atoms with Crippen LogP contribution in [0.2, 0.25) is 0 Å². The van der Waals surface area contributed by atoms with Crippen LogP contribution in [0.5, 0.6) is 0 Å². The Labute approximate surface area is 98.9 Å². The van der Waals surface area contributed by atoms with E-state index >= 15 is 0 Å². The highest BCUT2D eigenvalue weighted by atomic mass is 35.5. The van der Waals surface area contributed by atoms with Gasteiger partial charge in [-0.2, -0.15) is 0 Å². The molecule has 0 saturated carbocycles. The number of anilines is 2. The van der Waals surface area contributed by atoms with E-state index in [1.165, 1.54) is 12.1 Å². The number of hydrogen-bond donors (Lipinski definition) is 1. The normalized spacial score (nSPS) is 10.1. The smallest absolute Gasteiger partial charge is 0.125 e. The summed E-state index contributed by atoms with van der Waals surface area (Å²) in [5, 5.41) is 3.12. The van der Waals surface area contributed by atoms with Crippen molar-refractivity contribution >= 4 is 23.0 Å². The number of hydrogen-bond acceptors (Lipinski definition) is 1. The molecule has 0 atom stereocenters. The van der Waals surface area contributed by atoms with Gasteiger partial charge in [-0.3, -0.25) is 0 Å². The van der Waals surface area contributed by atoms with Gasteiger partial charge in [0.1, 0.15) is 5.82 Å². The van der Waals surface area contributed by atoms with E-state index in [-0.39, 0.29) is 5.82 Å². The first kappa shape index (κ1) is 11.0. The number of nitrogens with one attached hydrogen (secondary N) is 1. The maximum absolute atomic E-state index is 13.0. The Hall–Kier alpha value is -1.54. The van der Waals surface area contributed by atoms with E-state index in [9.17, 15) is 4.39 Å². The molecule has 2 aromatic rings. The highest BCUT2D eigenvalue weighted by molar-refractivity contribution is 6.17. The molecule has 0 bridgehead atoms.